The van der Waals surface area contributed by atoms with Crippen LogP contribution < -0.4 is 14.5 Å². The van der Waals surface area contributed by atoms with Gasteiger partial charge >= 0.3 is 0 Å². The standard InChI is InChI=1S/C19H17ClN2O3/c1-12-15(19(23)22(21-12)14-7-5-4-6-8-14)9-13-10-17(24-2)18(25-3)11-16(13)20/h4-11H,1-3H3/b15-9+. The first kappa shape index (κ1) is 17.0. The van der Waals surface area contributed by atoms with Crippen LogP contribution in [0.15, 0.2) is 53.1 Å². The van der Waals surface area contributed by atoms with E-state index >= 15 is 0 Å². The zero-order valence-electron chi connectivity index (χ0n) is 14.1. The Morgan fingerprint density at radius 3 is 2.36 bits per heavy atom. The average molecular weight is 357 g/mol. The van der Waals surface area contributed by atoms with Gasteiger partial charge in [-0.15, -0.1) is 0 Å². The number of halogens is 1. The van der Waals surface area contributed by atoms with Gasteiger partial charge in [-0.25, -0.2) is 0 Å². The molecule has 0 unspecified atom stereocenters. The largest absolute Gasteiger partial charge is 0.493 e. The monoisotopic (exact) mass is 356 g/mol. The Morgan fingerprint density at radius 1 is 1.08 bits per heavy atom. The third-order valence-electron chi connectivity index (χ3n) is 3.87. The van der Waals surface area contributed by atoms with E-state index in [-0.39, 0.29) is 5.91 Å². The quantitative estimate of drug-likeness (QED) is 0.773. The molecule has 5 nitrogen and oxygen atoms in total. The molecule has 6 heteroatoms. The normalized spacial score (nSPS) is 15.5. The third kappa shape index (κ3) is 3.23. The van der Waals surface area contributed by atoms with Crippen molar-refractivity contribution in [3.8, 4) is 11.5 Å². The van der Waals surface area contributed by atoms with Crippen molar-refractivity contribution in [3.63, 3.8) is 0 Å². The Balaban J connectivity index is 2.00. The van der Waals surface area contributed by atoms with Crippen molar-refractivity contribution in [2.45, 2.75) is 6.92 Å². The highest BCUT2D eigenvalue weighted by molar-refractivity contribution is 6.35. The third-order valence-corrected chi connectivity index (χ3v) is 4.19. The molecule has 0 atom stereocenters. The number of nitrogens with zero attached hydrogens (tertiary/aromatic N) is 2. The summed E-state index contributed by atoms with van der Waals surface area (Å²) in [5.41, 5.74) is 2.48. The number of para-hydroxylation sites is 1. The number of hydrazone groups is 1. The van der Waals surface area contributed by atoms with Crippen LogP contribution in [0.1, 0.15) is 12.5 Å². The molecule has 0 aliphatic carbocycles. The number of anilines is 1. The molecule has 0 bridgehead atoms. The fourth-order valence-corrected chi connectivity index (χ4v) is 2.77. The van der Waals surface area contributed by atoms with E-state index < -0.39 is 0 Å². The molecular weight excluding hydrogens is 340 g/mol. The topological polar surface area (TPSA) is 51.1 Å². The van der Waals surface area contributed by atoms with E-state index in [4.69, 9.17) is 21.1 Å². The van der Waals surface area contributed by atoms with Gasteiger partial charge in [0.1, 0.15) is 0 Å². The van der Waals surface area contributed by atoms with E-state index in [0.29, 0.717) is 39.1 Å². The van der Waals surface area contributed by atoms with Gasteiger partial charge in [0.05, 0.1) is 36.2 Å². The second-order valence-electron chi connectivity index (χ2n) is 5.42. The summed E-state index contributed by atoms with van der Waals surface area (Å²) in [5.74, 6) is 0.872. The zero-order valence-corrected chi connectivity index (χ0v) is 14.9. The van der Waals surface area contributed by atoms with Crippen LogP contribution in [-0.4, -0.2) is 25.8 Å². The van der Waals surface area contributed by atoms with Crippen molar-refractivity contribution in [3.05, 3.63) is 58.6 Å². The number of benzene rings is 2. The van der Waals surface area contributed by atoms with Crippen LogP contribution >= 0.6 is 11.6 Å². The fraction of sp³-hybridized carbons (Fsp3) is 0.158. The predicted octanol–water partition coefficient (Wildman–Crippen LogP) is 4.16. The Hall–Kier alpha value is -2.79. The molecule has 0 radical (unpaired) electrons. The molecular formula is C19H17ClN2O3. The van der Waals surface area contributed by atoms with Gasteiger partial charge in [0, 0.05) is 6.07 Å². The molecule has 3 rings (SSSR count). The molecule has 0 N–H and O–H groups in total. The number of carbonyl (C=O) groups is 1. The molecule has 25 heavy (non-hydrogen) atoms. The van der Waals surface area contributed by atoms with Crippen LogP contribution in [-0.2, 0) is 4.79 Å². The van der Waals surface area contributed by atoms with E-state index in [1.54, 1.807) is 39.4 Å². The molecule has 1 heterocycles. The molecule has 0 saturated heterocycles. The Bertz CT molecular complexity index is 876. The SMILES string of the molecule is COc1cc(Cl)c(/C=C2/C(=O)N(c3ccccc3)N=C2C)cc1OC. The minimum Gasteiger partial charge on any atom is -0.493 e. The van der Waals surface area contributed by atoms with Crippen LogP contribution in [0.5, 0.6) is 11.5 Å². The highest BCUT2D eigenvalue weighted by atomic mass is 35.5. The van der Waals surface area contributed by atoms with Gasteiger partial charge in [-0.2, -0.15) is 10.1 Å². The summed E-state index contributed by atoms with van der Waals surface area (Å²) < 4.78 is 10.5. The van der Waals surface area contributed by atoms with Crippen molar-refractivity contribution in [1.82, 2.24) is 0 Å². The van der Waals surface area contributed by atoms with E-state index in [1.807, 2.05) is 30.3 Å². The molecule has 2 aromatic carbocycles. The molecule has 1 aliphatic rings. The molecule has 0 fully saturated rings. The van der Waals surface area contributed by atoms with Crippen LogP contribution in [0.3, 0.4) is 0 Å². The number of ether oxygens (including phenoxy) is 2. The number of carbonyl (C=O) groups excluding carboxylic acids is 1. The van der Waals surface area contributed by atoms with Crippen molar-refractivity contribution in [2.24, 2.45) is 5.10 Å². The van der Waals surface area contributed by atoms with Crippen molar-refractivity contribution >= 4 is 35.0 Å². The minimum atomic E-state index is -0.199. The summed E-state index contributed by atoms with van der Waals surface area (Å²) in [6.07, 6.45) is 1.72. The van der Waals surface area contributed by atoms with Gasteiger partial charge in [0.2, 0.25) is 0 Å². The number of rotatable bonds is 4. The lowest BCUT2D eigenvalue weighted by atomic mass is 10.1. The van der Waals surface area contributed by atoms with Gasteiger partial charge in [-0.05, 0) is 36.8 Å². The highest BCUT2D eigenvalue weighted by Crippen LogP contribution is 2.35. The Labute approximate surface area is 151 Å². The fourth-order valence-electron chi connectivity index (χ4n) is 2.56. The van der Waals surface area contributed by atoms with E-state index in [2.05, 4.69) is 5.10 Å². The number of hydrogen-bond donors (Lipinski definition) is 0. The van der Waals surface area contributed by atoms with Crippen LogP contribution in [0.4, 0.5) is 5.69 Å². The second-order valence-corrected chi connectivity index (χ2v) is 5.83. The molecule has 128 valence electrons. The number of hydrogen-bond acceptors (Lipinski definition) is 4. The van der Waals surface area contributed by atoms with Crippen LogP contribution in [0.25, 0.3) is 6.08 Å². The van der Waals surface area contributed by atoms with E-state index in [1.165, 1.54) is 5.01 Å². The van der Waals surface area contributed by atoms with E-state index in [9.17, 15) is 4.79 Å². The van der Waals surface area contributed by atoms with Gasteiger partial charge in [-0.3, -0.25) is 4.79 Å². The molecule has 0 saturated carbocycles. The van der Waals surface area contributed by atoms with Crippen LogP contribution in [0, 0.1) is 0 Å². The molecule has 1 amide bonds. The summed E-state index contributed by atoms with van der Waals surface area (Å²) in [7, 11) is 3.09. The van der Waals surface area contributed by atoms with Crippen molar-refractivity contribution in [2.75, 3.05) is 19.2 Å². The summed E-state index contributed by atoms with van der Waals surface area (Å²) >= 11 is 6.32. The first-order chi connectivity index (χ1) is 12.0. The average Bonchev–Trinajstić information content (AvgIpc) is 2.91. The predicted molar refractivity (Wildman–Crippen MR) is 99.6 cm³/mol. The summed E-state index contributed by atoms with van der Waals surface area (Å²) in [4.78, 5) is 12.8. The number of amides is 1. The molecule has 0 aromatic heterocycles. The number of methoxy groups -OCH3 is 2. The lowest BCUT2D eigenvalue weighted by Crippen LogP contribution is -2.21. The second kappa shape index (κ2) is 6.99. The van der Waals surface area contributed by atoms with Gasteiger partial charge in [0.25, 0.3) is 5.91 Å². The van der Waals surface area contributed by atoms with Gasteiger partial charge in [-0.1, -0.05) is 29.8 Å². The summed E-state index contributed by atoms with van der Waals surface area (Å²) in [6, 6.07) is 12.7. The van der Waals surface area contributed by atoms with Crippen molar-refractivity contribution < 1.29 is 14.3 Å². The summed E-state index contributed by atoms with van der Waals surface area (Å²) in [6.45, 7) is 1.79. The summed E-state index contributed by atoms with van der Waals surface area (Å²) in [5, 5.41) is 6.20. The molecule has 2 aromatic rings. The maximum atomic E-state index is 12.8. The molecule has 0 spiro atoms. The van der Waals surface area contributed by atoms with Gasteiger partial charge in [0.15, 0.2) is 11.5 Å². The van der Waals surface area contributed by atoms with Crippen LogP contribution in [0.2, 0.25) is 5.02 Å². The Kier molecular flexibility index (Phi) is 4.76. The van der Waals surface area contributed by atoms with E-state index in [0.717, 1.165) is 0 Å². The first-order valence-corrected chi connectivity index (χ1v) is 8.01. The lowest BCUT2D eigenvalue weighted by molar-refractivity contribution is -0.114. The molecule has 1 aliphatic heterocycles. The smallest absolute Gasteiger partial charge is 0.280 e. The van der Waals surface area contributed by atoms with Crippen molar-refractivity contribution in [1.29, 1.82) is 0 Å². The maximum Gasteiger partial charge on any atom is 0.280 e. The minimum absolute atomic E-state index is 0.199. The first-order valence-electron chi connectivity index (χ1n) is 7.63. The lowest BCUT2D eigenvalue weighted by Gasteiger charge is -2.12. The van der Waals surface area contributed by atoms with Gasteiger partial charge < -0.3 is 9.47 Å². The maximum absolute atomic E-state index is 12.8. The zero-order chi connectivity index (χ0) is 18.0. The highest BCUT2D eigenvalue weighted by Gasteiger charge is 2.28. The Morgan fingerprint density at radius 2 is 1.72 bits per heavy atom.